The molecule has 0 spiro atoms. The lowest BCUT2D eigenvalue weighted by Gasteiger charge is -2.58. The van der Waals surface area contributed by atoms with E-state index in [1.807, 2.05) is 5.57 Å². The summed E-state index contributed by atoms with van der Waals surface area (Å²) in [7, 11) is 0. The highest BCUT2D eigenvalue weighted by Crippen LogP contribution is 2.66. The van der Waals surface area contributed by atoms with Crippen molar-refractivity contribution in [2.45, 2.75) is 79.1 Å². The van der Waals surface area contributed by atoms with Crippen molar-refractivity contribution in [3.05, 3.63) is 11.6 Å². The second-order valence-corrected chi connectivity index (χ2v) is 9.63. The van der Waals surface area contributed by atoms with Gasteiger partial charge in [-0.1, -0.05) is 39.3 Å². The summed E-state index contributed by atoms with van der Waals surface area (Å²) in [6, 6.07) is 0. The first kappa shape index (κ1) is 14.3. The molecule has 4 aliphatic rings. The fourth-order valence-corrected chi connectivity index (χ4v) is 7.11. The zero-order valence-electron chi connectivity index (χ0n) is 14.6. The van der Waals surface area contributed by atoms with Gasteiger partial charge < -0.3 is 0 Å². The molecule has 0 aromatic carbocycles. The average Bonchev–Trinajstić information content (AvgIpc) is 2.76. The molecule has 0 N–H and O–H groups in total. The zero-order chi connectivity index (χ0) is 14.8. The van der Waals surface area contributed by atoms with Crippen molar-refractivity contribution >= 4 is 0 Å². The van der Waals surface area contributed by atoms with Gasteiger partial charge in [-0.15, -0.1) is 0 Å². The van der Waals surface area contributed by atoms with Gasteiger partial charge in [-0.25, -0.2) is 0 Å². The molecule has 4 aliphatic carbocycles. The van der Waals surface area contributed by atoms with Crippen LogP contribution in [0, 0.1) is 40.4 Å². The largest absolute Gasteiger partial charge is 0.0845 e. The standard InChI is InChI=1S/C21H34/c1-14-9-11-21(4)16(13-14)6-7-17-18-8-5-15(2)20(18,3)12-10-19(17)21/h6,14-15,17-19H,5,7-13H2,1-4H3/t14-,15+,17?,18?,19?,20+,21-/m0/s1. The Morgan fingerprint density at radius 2 is 1.76 bits per heavy atom. The predicted octanol–water partition coefficient (Wildman–Crippen LogP) is 6.22. The molecule has 0 aliphatic heterocycles. The topological polar surface area (TPSA) is 0 Å². The highest BCUT2D eigenvalue weighted by Gasteiger charge is 2.57. The molecule has 4 rings (SSSR count). The molecular formula is C21H34. The van der Waals surface area contributed by atoms with Crippen molar-refractivity contribution in [3.8, 4) is 0 Å². The van der Waals surface area contributed by atoms with Gasteiger partial charge in [0.1, 0.15) is 0 Å². The molecule has 3 saturated carbocycles. The lowest BCUT2D eigenvalue weighted by molar-refractivity contribution is -0.0411. The van der Waals surface area contributed by atoms with E-state index in [1.165, 1.54) is 51.4 Å². The molecule has 118 valence electrons. The molecule has 0 aromatic heterocycles. The predicted molar refractivity (Wildman–Crippen MR) is 90.0 cm³/mol. The minimum absolute atomic E-state index is 0.572. The molecule has 3 fully saturated rings. The normalized spacial score (nSPS) is 56.2. The molecule has 0 radical (unpaired) electrons. The van der Waals surface area contributed by atoms with E-state index >= 15 is 0 Å². The highest BCUT2D eigenvalue weighted by atomic mass is 14.6. The van der Waals surface area contributed by atoms with Crippen molar-refractivity contribution in [1.29, 1.82) is 0 Å². The molecular weight excluding hydrogens is 252 g/mol. The molecule has 0 heterocycles. The van der Waals surface area contributed by atoms with Crippen LogP contribution in [0.5, 0.6) is 0 Å². The van der Waals surface area contributed by atoms with Crippen LogP contribution in [-0.4, -0.2) is 0 Å². The summed E-state index contributed by atoms with van der Waals surface area (Å²) < 4.78 is 0. The van der Waals surface area contributed by atoms with Crippen LogP contribution in [0.1, 0.15) is 79.1 Å². The minimum Gasteiger partial charge on any atom is -0.0845 e. The smallest absolute Gasteiger partial charge is 0.00851 e. The van der Waals surface area contributed by atoms with Gasteiger partial charge in [-0.05, 0) is 91.8 Å². The van der Waals surface area contributed by atoms with Gasteiger partial charge in [0, 0.05) is 0 Å². The monoisotopic (exact) mass is 286 g/mol. The van der Waals surface area contributed by atoms with E-state index in [1.54, 1.807) is 0 Å². The minimum atomic E-state index is 0.572. The molecule has 21 heavy (non-hydrogen) atoms. The molecule has 0 heteroatoms. The van der Waals surface area contributed by atoms with E-state index < -0.39 is 0 Å². The van der Waals surface area contributed by atoms with E-state index in [2.05, 4.69) is 33.8 Å². The third-order valence-electron chi connectivity index (χ3n) is 8.82. The van der Waals surface area contributed by atoms with Gasteiger partial charge in [0.05, 0.1) is 0 Å². The Morgan fingerprint density at radius 1 is 0.952 bits per heavy atom. The van der Waals surface area contributed by atoms with E-state index in [0.717, 1.165) is 29.6 Å². The van der Waals surface area contributed by atoms with Crippen LogP contribution in [0.2, 0.25) is 0 Å². The van der Waals surface area contributed by atoms with Crippen LogP contribution >= 0.6 is 0 Å². The molecule has 7 atom stereocenters. The lowest BCUT2D eigenvalue weighted by atomic mass is 9.47. The summed E-state index contributed by atoms with van der Waals surface area (Å²) in [4.78, 5) is 0. The third-order valence-corrected chi connectivity index (χ3v) is 8.82. The maximum Gasteiger partial charge on any atom is -0.00851 e. The van der Waals surface area contributed by atoms with E-state index in [9.17, 15) is 0 Å². The van der Waals surface area contributed by atoms with Crippen LogP contribution in [-0.2, 0) is 0 Å². The Hall–Kier alpha value is -0.260. The van der Waals surface area contributed by atoms with Gasteiger partial charge in [0.25, 0.3) is 0 Å². The quantitative estimate of drug-likeness (QED) is 0.464. The van der Waals surface area contributed by atoms with Crippen LogP contribution in [0.4, 0.5) is 0 Å². The second kappa shape index (κ2) is 4.62. The Kier molecular flexibility index (Phi) is 3.15. The number of fused-ring (bicyclic) bond motifs is 5. The van der Waals surface area contributed by atoms with Gasteiger partial charge in [0.2, 0.25) is 0 Å². The molecule has 0 nitrogen and oxygen atoms in total. The van der Waals surface area contributed by atoms with Gasteiger partial charge >= 0.3 is 0 Å². The van der Waals surface area contributed by atoms with Crippen molar-refractivity contribution in [1.82, 2.24) is 0 Å². The molecule has 0 amide bonds. The maximum absolute atomic E-state index is 2.71. The van der Waals surface area contributed by atoms with E-state index in [4.69, 9.17) is 0 Å². The maximum atomic E-state index is 2.71. The van der Waals surface area contributed by atoms with Crippen molar-refractivity contribution in [2.75, 3.05) is 0 Å². The van der Waals surface area contributed by atoms with Gasteiger partial charge in [0.15, 0.2) is 0 Å². The number of hydrogen-bond donors (Lipinski definition) is 0. The van der Waals surface area contributed by atoms with E-state index in [-0.39, 0.29) is 0 Å². The summed E-state index contributed by atoms with van der Waals surface area (Å²) >= 11 is 0. The third kappa shape index (κ3) is 1.86. The molecule has 0 saturated heterocycles. The highest BCUT2D eigenvalue weighted by molar-refractivity contribution is 5.24. The SMILES string of the molecule is C[C@H]1CC[C@@]2(C)C(=CCC3C2CC[C@@]2(C)C3CC[C@H]2C)C1. The Labute approximate surface area is 131 Å². The second-order valence-electron chi connectivity index (χ2n) is 9.63. The first-order chi connectivity index (χ1) is 9.95. The van der Waals surface area contributed by atoms with Crippen molar-refractivity contribution < 1.29 is 0 Å². The van der Waals surface area contributed by atoms with Crippen molar-refractivity contribution in [2.24, 2.45) is 40.4 Å². The summed E-state index contributed by atoms with van der Waals surface area (Å²) in [5, 5.41) is 0. The summed E-state index contributed by atoms with van der Waals surface area (Å²) in [6.45, 7) is 10.3. The Bertz CT molecular complexity index is 461. The van der Waals surface area contributed by atoms with Crippen molar-refractivity contribution in [3.63, 3.8) is 0 Å². The van der Waals surface area contributed by atoms with Crippen LogP contribution in [0.25, 0.3) is 0 Å². The Balaban J connectivity index is 1.68. The van der Waals surface area contributed by atoms with E-state index in [0.29, 0.717) is 10.8 Å². The number of hydrogen-bond acceptors (Lipinski definition) is 0. The average molecular weight is 287 g/mol. The Morgan fingerprint density at radius 3 is 2.57 bits per heavy atom. The number of rotatable bonds is 0. The first-order valence-corrected chi connectivity index (χ1v) is 9.64. The molecule has 3 unspecified atom stereocenters. The fraction of sp³-hybridized carbons (Fsp3) is 0.905. The summed E-state index contributed by atoms with van der Waals surface area (Å²) in [6.07, 6.45) is 14.5. The van der Waals surface area contributed by atoms with Gasteiger partial charge in [-0.2, -0.15) is 0 Å². The lowest BCUT2D eigenvalue weighted by Crippen LogP contribution is -2.49. The molecule has 0 aromatic rings. The first-order valence-electron chi connectivity index (χ1n) is 9.64. The number of allylic oxidation sites excluding steroid dienone is 2. The fourth-order valence-electron chi connectivity index (χ4n) is 7.11. The summed E-state index contributed by atoms with van der Waals surface area (Å²) in [5.41, 5.74) is 3.10. The van der Waals surface area contributed by atoms with Gasteiger partial charge in [-0.3, -0.25) is 0 Å². The summed E-state index contributed by atoms with van der Waals surface area (Å²) in [5.74, 6) is 4.94. The van der Waals surface area contributed by atoms with Crippen LogP contribution in [0.15, 0.2) is 11.6 Å². The molecule has 0 bridgehead atoms. The van der Waals surface area contributed by atoms with Crippen LogP contribution < -0.4 is 0 Å². The zero-order valence-corrected chi connectivity index (χ0v) is 14.6. The van der Waals surface area contributed by atoms with Crippen LogP contribution in [0.3, 0.4) is 0 Å².